The second-order valence-electron chi connectivity index (χ2n) is 5.32. The first-order valence-corrected chi connectivity index (χ1v) is 7.29. The lowest BCUT2D eigenvalue weighted by Crippen LogP contribution is -2.29. The van der Waals surface area contributed by atoms with Crippen molar-refractivity contribution in [2.75, 3.05) is 0 Å². The van der Waals surface area contributed by atoms with E-state index in [1.54, 1.807) is 24.3 Å². The monoisotopic (exact) mass is 320 g/mol. The van der Waals surface area contributed by atoms with Crippen LogP contribution >= 0.6 is 0 Å². The quantitative estimate of drug-likeness (QED) is 0.438. The van der Waals surface area contributed by atoms with Crippen LogP contribution in [0.25, 0.3) is 28.5 Å². The van der Waals surface area contributed by atoms with Crippen molar-refractivity contribution >= 4 is 11.5 Å². The van der Waals surface area contributed by atoms with Crippen LogP contribution in [-0.4, -0.2) is 16.1 Å². The summed E-state index contributed by atoms with van der Waals surface area (Å²) in [5, 5.41) is 8.13. The number of hydrazine groups is 1. The molecule has 0 aliphatic carbocycles. The Morgan fingerprint density at radius 1 is 0.958 bits per heavy atom. The van der Waals surface area contributed by atoms with Gasteiger partial charge < -0.3 is 4.42 Å². The first kappa shape index (κ1) is 15.6. The van der Waals surface area contributed by atoms with Crippen LogP contribution in [0, 0.1) is 0 Å². The van der Waals surface area contributed by atoms with Crippen LogP contribution in [0.3, 0.4) is 0 Å². The molecule has 6 nitrogen and oxygen atoms in total. The molecule has 0 radical (unpaired) electrons. The number of aromatic nitrogens is 2. The van der Waals surface area contributed by atoms with Crippen molar-refractivity contribution in [1.29, 1.82) is 0 Å². The number of benzene rings is 2. The summed E-state index contributed by atoms with van der Waals surface area (Å²) in [5.41, 5.74) is 6.15. The third kappa shape index (κ3) is 3.09. The van der Waals surface area contributed by atoms with E-state index >= 15 is 0 Å². The molecular weight excluding hydrogens is 304 g/mol. The molecule has 3 N–H and O–H groups in total. The van der Waals surface area contributed by atoms with Crippen molar-refractivity contribution in [3.63, 3.8) is 0 Å². The maximum Gasteiger partial charge on any atom is 0.265 e. The van der Waals surface area contributed by atoms with Crippen LogP contribution in [0.4, 0.5) is 0 Å². The van der Waals surface area contributed by atoms with E-state index in [-0.39, 0.29) is 5.91 Å². The Kier molecular flexibility index (Phi) is 4.22. The molecule has 0 aliphatic rings. The molecule has 1 heterocycles. The molecule has 0 atom stereocenters. The molecule has 3 aromatic rings. The first-order valence-electron chi connectivity index (χ1n) is 7.29. The average molecular weight is 320 g/mol. The summed E-state index contributed by atoms with van der Waals surface area (Å²) in [6, 6.07) is 14.5. The van der Waals surface area contributed by atoms with Gasteiger partial charge in [-0.05, 0) is 48.9 Å². The van der Waals surface area contributed by atoms with Crippen molar-refractivity contribution in [3.8, 4) is 22.9 Å². The van der Waals surface area contributed by atoms with Crippen molar-refractivity contribution in [1.82, 2.24) is 15.6 Å². The van der Waals surface area contributed by atoms with Crippen LogP contribution in [0.5, 0.6) is 0 Å². The highest BCUT2D eigenvalue weighted by Gasteiger charge is 2.11. The summed E-state index contributed by atoms with van der Waals surface area (Å²) in [4.78, 5) is 11.4. The third-order valence-electron chi connectivity index (χ3n) is 3.57. The number of nitrogen functional groups attached to an aromatic ring is 1. The van der Waals surface area contributed by atoms with E-state index in [1.165, 1.54) is 0 Å². The number of hydrogen-bond donors (Lipinski definition) is 2. The average Bonchev–Trinajstić information content (AvgIpc) is 3.11. The summed E-state index contributed by atoms with van der Waals surface area (Å²) in [6.07, 6.45) is 0. The highest BCUT2D eigenvalue weighted by molar-refractivity contribution is 5.94. The molecular formula is C18H16N4O2. The summed E-state index contributed by atoms with van der Waals surface area (Å²) < 4.78 is 5.71. The SMILES string of the molecule is C=C(C)c1ccc(-c2nnc(-c3ccc(C(=O)NN)cc3)o2)cc1. The van der Waals surface area contributed by atoms with E-state index < -0.39 is 0 Å². The molecule has 3 rings (SSSR count). The van der Waals surface area contributed by atoms with Gasteiger partial charge in [0, 0.05) is 16.7 Å². The minimum atomic E-state index is -0.356. The number of amides is 1. The number of hydrogen-bond acceptors (Lipinski definition) is 5. The molecule has 0 spiro atoms. The Morgan fingerprint density at radius 3 is 1.83 bits per heavy atom. The predicted molar refractivity (Wildman–Crippen MR) is 91.5 cm³/mol. The van der Waals surface area contributed by atoms with Gasteiger partial charge in [0.2, 0.25) is 11.8 Å². The smallest absolute Gasteiger partial charge is 0.265 e. The third-order valence-corrected chi connectivity index (χ3v) is 3.57. The Morgan fingerprint density at radius 2 is 1.42 bits per heavy atom. The predicted octanol–water partition coefficient (Wildman–Crippen LogP) is 3.04. The molecule has 1 aromatic heterocycles. The molecule has 0 fully saturated rings. The Hall–Kier alpha value is -3.25. The maximum absolute atomic E-state index is 11.4. The number of nitrogens with two attached hydrogens (primary N) is 1. The van der Waals surface area contributed by atoms with E-state index in [2.05, 4.69) is 22.2 Å². The topological polar surface area (TPSA) is 94.0 Å². The molecule has 1 amide bonds. The van der Waals surface area contributed by atoms with E-state index in [1.807, 2.05) is 31.2 Å². The number of nitrogens with one attached hydrogen (secondary N) is 1. The molecule has 0 saturated heterocycles. The van der Waals surface area contributed by atoms with Crippen molar-refractivity contribution in [2.24, 2.45) is 5.84 Å². The van der Waals surface area contributed by atoms with Crippen LogP contribution in [0.2, 0.25) is 0 Å². The molecule has 0 bridgehead atoms. The van der Waals surface area contributed by atoms with Gasteiger partial charge in [-0.15, -0.1) is 10.2 Å². The fourth-order valence-corrected chi connectivity index (χ4v) is 2.20. The molecule has 0 saturated carbocycles. The summed E-state index contributed by atoms with van der Waals surface area (Å²) in [7, 11) is 0. The van der Waals surface area contributed by atoms with Gasteiger partial charge in [-0.3, -0.25) is 10.2 Å². The van der Waals surface area contributed by atoms with Gasteiger partial charge >= 0.3 is 0 Å². The molecule has 0 aliphatic heterocycles. The zero-order valence-electron chi connectivity index (χ0n) is 13.1. The summed E-state index contributed by atoms with van der Waals surface area (Å²) in [6.45, 7) is 5.86. The lowest BCUT2D eigenvalue weighted by molar-refractivity contribution is 0.0953. The van der Waals surface area contributed by atoms with Gasteiger partial charge in [-0.25, -0.2) is 5.84 Å². The van der Waals surface area contributed by atoms with Gasteiger partial charge in [0.25, 0.3) is 5.91 Å². The zero-order valence-corrected chi connectivity index (χ0v) is 13.1. The van der Waals surface area contributed by atoms with Gasteiger partial charge in [-0.1, -0.05) is 24.3 Å². The molecule has 2 aromatic carbocycles. The van der Waals surface area contributed by atoms with Gasteiger partial charge in [0.1, 0.15) is 0 Å². The van der Waals surface area contributed by atoms with E-state index in [4.69, 9.17) is 10.3 Å². The van der Waals surface area contributed by atoms with Crippen LogP contribution in [0.1, 0.15) is 22.8 Å². The summed E-state index contributed by atoms with van der Waals surface area (Å²) in [5.74, 6) is 5.56. The van der Waals surface area contributed by atoms with E-state index in [9.17, 15) is 4.79 Å². The highest BCUT2D eigenvalue weighted by atomic mass is 16.4. The Balaban J connectivity index is 1.85. The number of rotatable bonds is 4. The first-order chi connectivity index (χ1) is 11.6. The minimum Gasteiger partial charge on any atom is -0.416 e. The Labute approximate surface area is 139 Å². The zero-order chi connectivity index (χ0) is 17.1. The van der Waals surface area contributed by atoms with Gasteiger partial charge in [-0.2, -0.15) is 0 Å². The van der Waals surface area contributed by atoms with Crippen molar-refractivity contribution in [2.45, 2.75) is 6.92 Å². The summed E-state index contributed by atoms with van der Waals surface area (Å²) >= 11 is 0. The maximum atomic E-state index is 11.4. The fourth-order valence-electron chi connectivity index (χ4n) is 2.20. The lowest BCUT2D eigenvalue weighted by atomic mass is 10.1. The number of carbonyl (C=O) groups is 1. The Bertz CT molecular complexity index is 880. The van der Waals surface area contributed by atoms with Gasteiger partial charge in [0.15, 0.2) is 0 Å². The molecule has 120 valence electrons. The van der Waals surface area contributed by atoms with Crippen LogP contribution in [0.15, 0.2) is 59.5 Å². The second-order valence-corrected chi connectivity index (χ2v) is 5.32. The number of allylic oxidation sites excluding steroid dienone is 1. The van der Waals surface area contributed by atoms with E-state index in [0.717, 1.165) is 22.3 Å². The minimum absolute atomic E-state index is 0.356. The van der Waals surface area contributed by atoms with E-state index in [0.29, 0.717) is 17.3 Å². The normalized spacial score (nSPS) is 10.4. The standard InChI is InChI=1S/C18H16N4O2/c1-11(2)12-3-7-14(8-4-12)17-21-22-18(24-17)15-9-5-13(6-10-15)16(23)20-19/h3-10H,1,19H2,2H3,(H,20,23). The number of nitrogens with zero attached hydrogens (tertiary/aromatic N) is 2. The van der Waals surface area contributed by atoms with Crippen LogP contribution < -0.4 is 11.3 Å². The second kappa shape index (κ2) is 6.47. The van der Waals surface area contributed by atoms with Crippen molar-refractivity contribution < 1.29 is 9.21 Å². The molecule has 24 heavy (non-hydrogen) atoms. The largest absolute Gasteiger partial charge is 0.416 e. The lowest BCUT2D eigenvalue weighted by Gasteiger charge is -2.01. The van der Waals surface area contributed by atoms with Crippen LogP contribution in [-0.2, 0) is 0 Å². The number of carbonyl (C=O) groups excluding carboxylic acids is 1. The van der Waals surface area contributed by atoms with Gasteiger partial charge in [0.05, 0.1) is 0 Å². The highest BCUT2D eigenvalue weighted by Crippen LogP contribution is 2.25. The molecule has 6 heteroatoms. The van der Waals surface area contributed by atoms with Crippen molar-refractivity contribution in [3.05, 3.63) is 66.2 Å². The fraction of sp³-hybridized carbons (Fsp3) is 0.0556. The molecule has 0 unspecified atom stereocenters.